The first-order valence-electron chi connectivity index (χ1n) is 4.93. The number of rotatable bonds is 6. The summed E-state index contributed by atoms with van der Waals surface area (Å²) >= 11 is 1.60. The third kappa shape index (κ3) is 2.91. The minimum Gasteiger partial charge on any atom is -0.468 e. The van der Waals surface area contributed by atoms with Crippen molar-refractivity contribution in [3.8, 4) is 5.75 Å². The van der Waals surface area contributed by atoms with Crippen LogP contribution in [0.4, 0.5) is 0 Å². The van der Waals surface area contributed by atoms with E-state index in [1.165, 1.54) is 0 Å². The van der Waals surface area contributed by atoms with E-state index >= 15 is 0 Å². The van der Waals surface area contributed by atoms with E-state index in [1.54, 1.807) is 18.4 Å². The summed E-state index contributed by atoms with van der Waals surface area (Å²) in [7, 11) is 1.64. The first-order valence-corrected chi connectivity index (χ1v) is 5.81. The van der Waals surface area contributed by atoms with Gasteiger partial charge in [0.05, 0.1) is 28.9 Å². The molecule has 86 valence electrons. The Kier molecular flexibility index (Phi) is 4.10. The molecule has 0 aliphatic heterocycles. The lowest BCUT2D eigenvalue weighted by Crippen LogP contribution is -2.07. The van der Waals surface area contributed by atoms with Gasteiger partial charge in [-0.15, -0.1) is 11.3 Å². The standard InChI is InChI=1S/C11H13NO3S/c1-13-4-5-14-8-15-9-2-3-10-11(6-9)16-7-12-10/h2-3,6-7H,4-5,8H2,1H3. The minimum absolute atomic E-state index is 0.244. The molecule has 1 aromatic heterocycles. The molecule has 0 spiro atoms. The Balaban J connectivity index is 1.84. The summed E-state index contributed by atoms with van der Waals surface area (Å²) in [6, 6.07) is 5.80. The fraction of sp³-hybridized carbons (Fsp3) is 0.364. The topological polar surface area (TPSA) is 40.6 Å². The number of fused-ring (bicyclic) bond motifs is 1. The van der Waals surface area contributed by atoms with E-state index in [-0.39, 0.29) is 6.79 Å². The predicted octanol–water partition coefficient (Wildman–Crippen LogP) is 2.30. The van der Waals surface area contributed by atoms with Crippen molar-refractivity contribution in [1.29, 1.82) is 0 Å². The molecule has 2 aromatic rings. The molecular formula is C11H13NO3S. The molecule has 0 amide bonds. The largest absolute Gasteiger partial charge is 0.468 e. The van der Waals surface area contributed by atoms with Crippen molar-refractivity contribution in [3.05, 3.63) is 23.7 Å². The van der Waals surface area contributed by atoms with Crippen LogP contribution in [0, 0.1) is 0 Å². The van der Waals surface area contributed by atoms with Crippen molar-refractivity contribution < 1.29 is 14.2 Å². The van der Waals surface area contributed by atoms with E-state index < -0.39 is 0 Å². The lowest BCUT2D eigenvalue weighted by molar-refractivity contribution is -0.00840. The average Bonchev–Trinajstić information content (AvgIpc) is 2.76. The zero-order valence-electron chi connectivity index (χ0n) is 9.01. The summed E-state index contributed by atoms with van der Waals surface area (Å²) in [6.45, 7) is 1.37. The maximum absolute atomic E-state index is 5.43. The van der Waals surface area contributed by atoms with Crippen molar-refractivity contribution in [3.63, 3.8) is 0 Å². The molecule has 0 aliphatic rings. The van der Waals surface area contributed by atoms with Crippen LogP contribution in [0.3, 0.4) is 0 Å². The molecule has 0 aliphatic carbocycles. The number of methoxy groups -OCH3 is 1. The molecule has 2 rings (SSSR count). The van der Waals surface area contributed by atoms with Gasteiger partial charge in [-0.1, -0.05) is 0 Å². The predicted molar refractivity (Wildman–Crippen MR) is 62.9 cm³/mol. The third-order valence-corrected chi connectivity index (χ3v) is 2.84. The molecule has 0 bridgehead atoms. The zero-order valence-corrected chi connectivity index (χ0v) is 9.83. The van der Waals surface area contributed by atoms with Crippen molar-refractivity contribution in [2.24, 2.45) is 0 Å². The number of aromatic nitrogens is 1. The monoisotopic (exact) mass is 239 g/mol. The molecule has 0 fully saturated rings. The Bertz CT molecular complexity index is 443. The molecule has 0 N–H and O–H groups in total. The van der Waals surface area contributed by atoms with Gasteiger partial charge in [-0.3, -0.25) is 0 Å². The van der Waals surface area contributed by atoms with E-state index in [0.717, 1.165) is 16.0 Å². The van der Waals surface area contributed by atoms with Crippen molar-refractivity contribution in [2.75, 3.05) is 27.1 Å². The highest BCUT2D eigenvalue weighted by Crippen LogP contribution is 2.23. The molecular weight excluding hydrogens is 226 g/mol. The average molecular weight is 239 g/mol. The SMILES string of the molecule is COCCOCOc1ccc2ncsc2c1. The highest BCUT2D eigenvalue weighted by molar-refractivity contribution is 7.16. The van der Waals surface area contributed by atoms with Crippen molar-refractivity contribution in [2.45, 2.75) is 0 Å². The summed E-state index contributed by atoms with van der Waals surface area (Å²) in [5.41, 5.74) is 2.82. The molecule has 0 saturated heterocycles. The third-order valence-electron chi connectivity index (χ3n) is 2.04. The summed E-state index contributed by atoms with van der Waals surface area (Å²) in [6.07, 6.45) is 0. The smallest absolute Gasteiger partial charge is 0.189 e. The van der Waals surface area contributed by atoms with Gasteiger partial charge in [0.1, 0.15) is 5.75 Å². The Morgan fingerprint density at radius 1 is 1.31 bits per heavy atom. The van der Waals surface area contributed by atoms with E-state index in [9.17, 15) is 0 Å². The van der Waals surface area contributed by atoms with Gasteiger partial charge < -0.3 is 14.2 Å². The Labute approximate surface area is 97.8 Å². The summed E-state index contributed by atoms with van der Waals surface area (Å²) in [5.74, 6) is 0.800. The van der Waals surface area contributed by atoms with Crippen LogP contribution in [0.5, 0.6) is 5.75 Å². The quantitative estimate of drug-likeness (QED) is 0.573. The van der Waals surface area contributed by atoms with E-state index in [4.69, 9.17) is 14.2 Å². The Morgan fingerprint density at radius 2 is 2.25 bits per heavy atom. The van der Waals surface area contributed by atoms with Gasteiger partial charge in [-0.05, 0) is 18.2 Å². The second-order valence-electron chi connectivity index (χ2n) is 3.15. The number of nitrogens with zero attached hydrogens (tertiary/aromatic N) is 1. The first-order chi connectivity index (χ1) is 7.90. The van der Waals surface area contributed by atoms with Crippen LogP contribution < -0.4 is 4.74 Å². The summed E-state index contributed by atoms with van der Waals surface area (Å²) in [4.78, 5) is 4.20. The summed E-state index contributed by atoms with van der Waals surface area (Å²) in [5, 5.41) is 0. The van der Waals surface area contributed by atoms with Crippen LogP contribution in [-0.4, -0.2) is 32.1 Å². The van der Waals surface area contributed by atoms with Crippen LogP contribution in [-0.2, 0) is 9.47 Å². The molecule has 1 aromatic carbocycles. The minimum atomic E-state index is 0.244. The normalized spacial score (nSPS) is 10.8. The molecule has 16 heavy (non-hydrogen) atoms. The van der Waals surface area contributed by atoms with E-state index in [2.05, 4.69) is 4.98 Å². The Hall–Kier alpha value is -1.17. The summed E-state index contributed by atoms with van der Waals surface area (Å²) < 4.78 is 16.6. The van der Waals surface area contributed by atoms with Crippen LogP contribution in [0.15, 0.2) is 23.7 Å². The Morgan fingerprint density at radius 3 is 3.12 bits per heavy atom. The zero-order chi connectivity index (χ0) is 11.2. The van der Waals surface area contributed by atoms with Crippen LogP contribution >= 0.6 is 11.3 Å². The number of hydrogen-bond donors (Lipinski definition) is 0. The number of ether oxygens (including phenoxy) is 3. The van der Waals surface area contributed by atoms with Crippen molar-refractivity contribution >= 4 is 21.6 Å². The molecule has 0 saturated carbocycles. The molecule has 0 unspecified atom stereocenters. The van der Waals surface area contributed by atoms with Gasteiger partial charge >= 0.3 is 0 Å². The molecule has 0 radical (unpaired) electrons. The molecule has 0 atom stereocenters. The first kappa shape index (κ1) is 11.3. The van der Waals surface area contributed by atoms with Gasteiger partial charge in [0, 0.05) is 7.11 Å². The molecule has 1 heterocycles. The maximum Gasteiger partial charge on any atom is 0.189 e. The maximum atomic E-state index is 5.43. The van der Waals surface area contributed by atoms with E-state index in [0.29, 0.717) is 13.2 Å². The van der Waals surface area contributed by atoms with Gasteiger partial charge in [0.25, 0.3) is 0 Å². The lowest BCUT2D eigenvalue weighted by Gasteiger charge is -2.06. The number of thiazole rings is 1. The van der Waals surface area contributed by atoms with Crippen LogP contribution in [0.25, 0.3) is 10.2 Å². The highest BCUT2D eigenvalue weighted by Gasteiger charge is 1.99. The van der Waals surface area contributed by atoms with Crippen molar-refractivity contribution in [1.82, 2.24) is 4.98 Å². The number of hydrogen-bond acceptors (Lipinski definition) is 5. The number of benzene rings is 1. The fourth-order valence-corrected chi connectivity index (χ4v) is 1.94. The van der Waals surface area contributed by atoms with Crippen LogP contribution in [0.1, 0.15) is 0 Å². The molecule has 5 heteroatoms. The van der Waals surface area contributed by atoms with E-state index in [1.807, 2.05) is 23.7 Å². The second kappa shape index (κ2) is 5.79. The molecule has 4 nitrogen and oxygen atoms in total. The van der Waals surface area contributed by atoms with Crippen LogP contribution in [0.2, 0.25) is 0 Å². The van der Waals surface area contributed by atoms with Gasteiger partial charge in [0.15, 0.2) is 6.79 Å². The van der Waals surface area contributed by atoms with Gasteiger partial charge in [-0.2, -0.15) is 0 Å². The highest BCUT2D eigenvalue weighted by atomic mass is 32.1. The van der Waals surface area contributed by atoms with Gasteiger partial charge in [0.2, 0.25) is 0 Å². The van der Waals surface area contributed by atoms with Gasteiger partial charge in [-0.25, -0.2) is 4.98 Å². The lowest BCUT2D eigenvalue weighted by atomic mass is 10.3. The fourth-order valence-electron chi connectivity index (χ4n) is 1.24. The second-order valence-corrected chi connectivity index (χ2v) is 4.03.